The van der Waals surface area contributed by atoms with Gasteiger partial charge in [-0.25, -0.2) is 8.42 Å². The van der Waals surface area contributed by atoms with Crippen molar-refractivity contribution in [2.24, 2.45) is 0 Å². The highest BCUT2D eigenvalue weighted by Gasteiger charge is 2.37. The zero-order valence-corrected chi connectivity index (χ0v) is 27.0. The number of aryl methyl sites for hydroxylation is 2. The van der Waals surface area contributed by atoms with Crippen LogP contribution in [0.3, 0.4) is 0 Å². The second-order valence-corrected chi connectivity index (χ2v) is 13.6. The summed E-state index contributed by atoms with van der Waals surface area (Å²) in [5, 5.41) is 2.43. The van der Waals surface area contributed by atoms with Crippen molar-refractivity contribution in [3.63, 3.8) is 0 Å². The van der Waals surface area contributed by atoms with Crippen molar-refractivity contribution in [1.82, 2.24) is 10.2 Å². The lowest BCUT2D eigenvalue weighted by Crippen LogP contribution is -2.53. The summed E-state index contributed by atoms with van der Waals surface area (Å²) in [6.07, 6.45) is -1.01. The van der Waals surface area contributed by atoms with E-state index in [9.17, 15) is 31.2 Å². The van der Waals surface area contributed by atoms with Gasteiger partial charge in [0.05, 0.1) is 21.2 Å². The monoisotopic (exact) mass is 663 g/mol. The fourth-order valence-corrected chi connectivity index (χ4v) is 7.14. The second kappa shape index (κ2) is 14.2. The number of carbonyl (C=O) groups is 2. The van der Waals surface area contributed by atoms with Crippen LogP contribution in [0.25, 0.3) is 0 Å². The molecule has 4 rings (SSSR count). The van der Waals surface area contributed by atoms with Crippen LogP contribution < -0.4 is 9.62 Å². The predicted molar refractivity (Wildman–Crippen MR) is 168 cm³/mol. The van der Waals surface area contributed by atoms with Gasteiger partial charge in [-0.2, -0.15) is 13.2 Å². The van der Waals surface area contributed by atoms with Crippen molar-refractivity contribution in [1.29, 1.82) is 0 Å². The second-order valence-electron chi connectivity index (χ2n) is 11.3. The first-order chi connectivity index (χ1) is 21.2. The Labute approximate surface area is 267 Å². The Balaban J connectivity index is 1.79. The molecule has 1 fully saturated rings. The number of sulfonamides is 1. The Kier molecular flexibility index (Phi) is 10.9. The van der Waals surface area contributed by atoms with Crippen LogP contribution in [-0.4, -0.2) is 43.8 Å². The number of nitrogens with zero attached hydrogens (tertiary/aromatic N) is 2. The SMILES string of the molecule is CC[C@@H](C(=O)NC1CCCC1)N(Cc1ccccc1C)C(=O)CN(c1ccc(Cl)c(C(F)(F)F)c1)S(=O)(=O)c1ccc(C)cc1. The Bertz CT molecular complexity index is 1620. The Morgan fingerprint density at radius 3 is 2.24 bits per heavy atom. The van der Waals surface area contributed by atoms with E-state index in [-0.39, 0.29) is 35.5 Å². The van der Waals surface area contributed by atoms with E-state index in [1.165, 1.54) is 17.0 Å². The number of carbonyl (C=O) groups excluding carboxylic acids is 2. The molecule has 0 unspecified atom stereocenters. The quantitative estimate of drug-likeness (QED) is 0.239. The Morgan fingerprint density at radius 1 is 1.00 bits per heavy atom. The van der Waals surface area contributed by atoms with E-state index >= 15 is 0 Å². The van der Waals surface area contributed by atoms with Gasteiger partial charge in [0.25, 0.3) is 10.0 Å². The average Bonchev–Trinajstić information content (AvgIpc) is 3.49. The summed E-state index contributed by atoms with van der Waals surface area (Å²) in [6, 6.07) is 14.8. The summed E-state index contributed by atoms with van der Waals surface area (Å²) in [4.78, 5) is 28.9. The van der Waals surface area contributed by atoms with Gasteiger partial charge in [0.1, 0.15) is 12.6 Å². The summed E-state index contributed by atoms with van der Waals surface area (Å²) in [5.74, 6) is -1.10. The average molecular weight is 664 g/mol. The Morgan fingerprint density at radius 2 is 1.64 bits per heavy atom. The van der Waals surface area contributed by atoms with Crippen LogP contribution >= 0.6 is 11.6 Å². The largest absolute Gasteiger partial charge is 0.417 e. The molecular weight excluding hydrogens is 627 g/mol. The first-order valence-electron chi connectivity index (χ1n) is 14.8. The van der Waals surface area contributed by atoms with E-state index in [1.54, 1.807) is 32.0 Å². The molecule has 7 nitrogen and oxygen atoms in total. The molecule has 1 aliphatic rings. The molecule has 242 valence electrons. The topological polar surface area (TPSA) is 86.8 Å². The first-order valence-corrected chi connectivity index (χ1v) is 16.6. The van der Waals surface area contributed by atoms with Gasteiger partial charge in [-0.05, 0) is 74.6 Å². The highest BCUT2D eigenvalue weighted by Crippen LogP contribution is 2.38. The van der Waals surface area contributed by atoms with Gasteiger partial charge in [-0.1, -0.05) is 73.3 Å². The molecule has 1 saturated carbocycles. The third-order valence-corrected chi connectivity index (χ3v) is 10.2. The van der Waals surface area contributed by atoms with Crippen LogP contribution in [0.2, 0.25) is 5.02 Å². The van der Waals surface area contributed by atoms with Gasteiger partial charge < -0.3 is 10.2 Å². The maximum Gasteiger partial charge on any atom is 0.417 e. The van der Waals surface area contributed by atoms with Crippen LogP contribution in [-0.2, 0) is 32.3 Å². The van der Waals surface area contributed by atoms with Gasteiger partial charge in [0.2, 0.25) is 11.8 Å². The van der Waals surface area contributed by atoms with Gasteiger partial charge in [-0.3, -0.25) is 13.9 Å². The third-order valence-electron chi connectivity index (χ3n) is 8.12. The first kappa shape index (κ1) is 34.3. The third kappa shape index (κ3) is 8.18. The molecular formula is C33H37ClF3N3O4S. The minimum absolute atomic E-state index is 0.00502. The van der Waals surface area contributed by atoms with Gasteiger partial charge in [-0.15, -0.1) is 0 Å². The number of hydrogen-bond donors (Lipinski definition) is 1. The minimum Gasteiger partial charge on any atom is -0.352 e. The van der Waals surface area contributed by atoms with Crippen molar-refractivity contribution in [3.05, 3.63) is 94.0 Å². The highest BCUT2D eigenvalue weighted by molar-refractivity contribution is 7.92. The molecule has 1 atom stereocenters. The number of halogens is 4. The summed E-state index contributed by atoms with van der Waals surface area (Å²) < 4.78 is 70.3. The molecule has 2 amide bonds. The van der Waals surface area contributed by atoms with Crippen molar-refractivity contribution in [2.75, 3.05) is 10.8 Å². The summed E-state index contributed by atoms with van der Waals surface area (Å²) in [5.41, 5.74) is 0.748. The lowest BCUT2D eigenvalue weighted by Gasteiger charge is -2.34. The highest BCUT2D eigenvalue weighted by atomic mass is 35.5. The molecule has 1 N–H and O–H groups in total. The van der Waals surface area contributed by atoms with Crippen molar-refractivity contribution < 1.29 is 31.2 Å². The van der Waals surface area contributed by atoms with Crippen molar-refractivity contribution in [2.45, 2.75) is 82.6 Å². The van der Waals surface area contributed by atoms with Gasteiger partial charge >= 0.3 is 6.18 Å². The molecule has 3 aromatic rings. The van der Waals surface area contributed by atoms with E-state index in [0.717, 1.165) is 54.5 Å². The van der Waals surface area contributed by atoms with E-state index < -0.39 is 45.3 Å². The maximum absolute atomic E-state index is 14.3. The molecule has 45 heavy (non-hydrogen) atoms. The molecule has 0 saturated heterocycles. The van der Waals surface area contributed by atoms with Crippen LogP contribution in [0.15, 0.2) is 71.6 Å². The molecule has 0 bridgehead atoms. The molecule has 1 aliphatic carbocycles. The number of anilines is 1. The fourth-order valence-electron chi connectivity index (χ4n) is 5.51. The standard InChI is InChI=1S/C33H37ClF3N3O4S/c1-4-30(32(42)38-25-11-7-8-12-25)39(20-24-10-6-5-9-23(24)3)31(41)21-40(45(43,44)27-16-13-22(2)14-17-27)26-15-18-29(34)28(19-26)33(35,36)37/h5-6,9-10,13-19,25,30H,4,7-8,11-12,20-21H2,1-3H3,(H,38,42)/t30-/m0/s1. The normalized spacial score (nSPS) is 14.6. The number of nitrogens with one attached hydrogen (secondary N) is 1. The van der Waals surface area contributed by atoms with Crippen molar-refractivity contribution >= 4 is 39.1 Å². The van der Waals surface area contributed by atoms with Crippen LogP contribution in [0.1, 0.15) is 61.3 Å². The van der Waals surface area contributed by atoms with Crippen LogP contribution in [0.5, 0.6) is 0 Å². The smallest absolute Gasteiger partial charge is 0.352 e. The molecule has 3 aromatic carbocycles. The Hall–Kier alpha value is -3.57. The van der Waals surface area contributed by atoms with Crippen LogP contribution in [0.4, 0.5) is 18.9 Å². The molecule has 0 aliphatic heterocycles. The zero-order chi connectivity index (χ0) is 32.9. The summed E-state index contributed by atoms with van der Waals surface area (Å²) in [7, 11) is -4.55. The van der Waals surface area contributed by atoms with E-state index in [1.807, 2.05) is 25.1 Å². The lowest BCUT2D eigenvalue weighted by atomic mass is 10.1. The van der Waals surface area contributed by atoms with Crippen molar-refractivity contribution in [3.8, 4) is 0 Å². The fraction of sp³-hybridized carbons (Fsp3) is 0.394. The molecule has 0 aromatic heterocycles. The minimum atomic E-state index is -4.88. The van der Waals surface area contributed by atoms with E-state index in [4.69, 9.17) is 11.6 Å². The lowest BCUT2D eigenvalue weighted by molar-refractivity contribution is -0.140. The summed E-state index contributed by atoms with van der Waals surface area (Å²) in [6.45, 7) is 4.52. The van der Waals surface area contributed by atoms with Gasteiger partial charge in [0, 0.05) is 12.6 Å². The predicted octanol–water partition coefficient (Wildman–Crippen LogP) is 7.04. The number of hydrogen-bond acceptors (Lipinski definition) is 4. The van der Waals surface area contributed by atoms with Gasteiger partial charge in [0.15, 0.2) is 0 Å². The van der Waals surface area contributed by atoms with Crippen LogP contribution in [0, 0.1) is 13.8 Å². The van der Waals surface area contributed by atoms with E-state index in [0.29, 0.717) is 10.4 Å². The number of alkyl halides is 3. The summed E-state index contributed by atoms with van der Waals surface area (Å²) >= 11 is 5.85. The maximum atomic E-state index is 14.3. The number of benzene rings is 3. The number of rotatable bonds is 11. The molecule has 0 spiro atoms. The number of amides is 2. The molecule has 12 heteroatoms. The van der Waals surface area contributed by atoms with E-state index in [2.05, 4.69) is 5.32 Å². The molecule has 0 heterocycles. The zero-order valence-electron chi connectivity index (χ0n) is 25.4. The molecule has 0 radical (unpaired) electrons.